The second kappa shape index (κ2) is 8.22. The van der Waals surface area contributed by atoms with Gasteiger partial charge < -0.3 is 16.2 Å². The molecule has 2 heterocycles. The minimum Gasteiger partial charge on any atom is -0.393 e. The highest BCUT2D eigenvalue weighted by molar-refractivity contribution is 5.97. The maximum atomic E-state index is 11.8. The number of nitrogens with one attached hydrogen (secondary N) is 1. The van der Waals surface area contributed by atoms with Crippen molar-refractivity contribution in [1.29, 1.82) is 0 Å². The summed E-state index contributed by atoms with van der Waals surface area (Å²) in [7, 11) is 0. The highest BCUT2D eigenvalue weighted by atomic mass is 16.3. The highest BCUT2D eigenvalue weighted by Crippen LogP contribution is 2.27. The molecule has 1 saturated carbocycles. The van der Waals surface area contributed by atoms with E-state index in [2.05, 4.69) is 26.3 Å². The van der Waals surface area contributed by atoms with E-state index in [9.17, 15) is 9.90 Å². The van der Waals surface area contributed by atoms with E-state index in [1.54, 1.807) is 0 Å². The first-order valence-corrected chi connectivity index (χ1v) is 10.1. The quantitative estimate of drug-likeness (QED) is 0.730. The maximum absolute atomic E-state index is 11.8. The van der Waals surface area contributed by atoms with Gasteiger partial charge in [0, 0.05) is 30.6 Å². The molecule has 0 saturated heterocycles. The van der Waals surface area contributed by atoms with Crippen molar-refractivity contribution in [1.82, 2.24) is 15.0 Å². The van der Waals surface area contributed by atoms with Crippen molar-refractivity contribution >= 4 is 11.7 Å². The predicted molar refractivity (Wildman–Crippen MR) is 106 cm³/mol. The maximum Gasteiger partial charge on any atom is 0.254 e. The minimum atomic E-state index is -0.541. The lowest BCUT2D eigenvalue weighted by atomic mass is 9.85. The SMILES string of the molecule is NC(=O)c1cnc(C[C@H]2CCc3cccnc3C2)nc1N[C@@H]1CCC[C@H](O)C1. The number of nitrogens with zero attached hydrogens (tertiary/aromatic N) is 3. The third-order valence-electron chi connectivity index (χ3n) is 5.85. The minimum absolute atomic E-state index is 0.0929. The number of rotatable bonds is 5. The number of amides is 1. The number of fused-ring (bicyclic) bond motifs is 1. The first kappa shape index (κ1) is 18.8. The molecular weight excluding hydrogens is 354 g/mol. The van der Waals surface area contributed by atoms with Crippen molar-refractivity contribution in [2.75, 3.05) is 5.32 Å². The van der Waals surface area contributed by atoms with Crippen LogP contribution in [0.5, 0.6) is 0 Å². The summed E-state index contributed by atoms with van der Waals surface area (Å²) in [6.45, 7) is 0. The standard InChI is InChI=1S/C21H27N5O2/c22-20(28)17-12-24-19(26-21(17)25-15-4-1-5-16(27)11-15)10-13-6-7-14-3-2-8-23-18(14)9-13/h2-3,8,12-13,15-16,27H,1,4-7,9-11H2,(H2,22,28)(H,24,25,26)/t13-,15+,16-/m0/s1. The summed E-state index contributed by atoms with van der Waals surface area (Å²) in [6.07, 6.45) is 10.2. The van der Waals surface area contributed by atoms with Gasteiger partial charge in [-0.3, -0.25) is 9.78 Å². The average molecular weight is 381 g/mol. The van der Waals surface area contributed by atoms with E-state index >= 15 is 0 Å². The molecule has 7 heteroatoms. The molecule has 148 valence electrons. The number of aliphatic hydroxyl groups is 1. The van der Waals surface area contributed by atoms with E-state index in [4.69, 9.17) is 5.73 Å². The number of carbonyl (C=O) groups excluding carboxylic acids is 1. The van der Waals surface area contributed by atoms with Gasteiger partial charge in [0.05, 0.1) is 11.7 Å². The summed E-state index contributed by atoms with van der Waals surface area (Å²) in [5.41, 5.74) is 8.33. The number of hydrogen-bond donors (Lipinski definition) is 3. The molecule has 2 aliphatic rings. The summed E-state index contributed by atoms with van der Waals surface area (Å²) in [6, 6.07) is 4.23. The monoisotopic (exact) mass is 381 g/mol. The fraction of sp³-hybridized carbons (Fsp3) is 0.524. The number of pyridine rings is 1. The van der Waals surface area contributed by atoms with Crippen LogP contribution in [0.2, 0.25) is 0 Å². The predicted octanol–water partition coefficient (Wildman–Crippen LogP) is 2.03. The Hall–Kier alpha value is -2.54. The van der Waals surface area contributed by atoms with Gasteiger partial charge in [-0.25, -0.2) is 9.97 Å². The summed E-state index contributed by atoms with van der Waals surface area (Å²) < 4.78 is 0. The molecule has 1 fully saturated rings. The van der Waals surface area contributed by atoms with Crippen LogP contribution in [0.1, 0.15) is 59.5 Å². The van der Waals surface area contributed by atoms with Crippen LogP contribution in [0.25, 0.3) is 0 Å². The molecule has 2 aromatic heterocycles. The fourth-order valence-electron chi connectivity index (χ4n) is 4.35. The number of aryl methyl sites for hydroxylation is 1. The van der Waals surface area contributed by atoms with Crippen LogP contribution in [0, 0.1) is 5.92 Å². The molecule has 4 rings (SSSR count). The van der Waals surface area contributed by atoms with Gasteiger partial charge in [-0.2, -0.15) is 0 Å². The fourth-order valence-corrected chi connectivity index (χ4v) is 4.35. The first-order chi connectivity index (χ1) is 13.6. The Morgan fingerprint density at radius 2 is 2.18 bits per heavy atom. The molecule has 0 aliphatic heterocycles. The number of aromatic nitrogens is 3. The van der Waals surface area contributed by atoms with Crippen LogP contribution in [0.15, 0.2) is 24.5 Å². The Morgan fingerprint density at radius 3 is 3.00 bits per heavy atom. The third-order valence-corrected chi connectivity index (χ3v) is 5.85. The second-order valence-electron chi connectivity index (χ2n) is 8.00. The van der Waals surface area contributed by atoms with Gasteiger partial charge in [0.25, 0.3) is 5.91 Å². The van der Waals surface area contributed by atoms with Crippen LogP contribution >= 0.6 is 0 Å². The zero-order valence-corrected chi connectivity index (χ0v) is 16.0. The van der Waals surface area contributed by atoms with Gasteiger partial charge >= 0.3 is 0 Å². The topological polar surface area (TPSA) is 114 Å². The summed E-state index contributed by atoms with van der Waals surface area (Å²) in [5, 5.41) is 13.2. The number of aliphatic hydroxyl groups excluding tert-OH is 1. The average Bonchev–Trinajstić information content (AvgIpc) is 2.68. The van der Waals surface area contributed by atoms with Crippen molar-refractivity contribution in [3.8, 4) is 0 Å². The highest BCUT2D eigenvalue weighted by Gasteiger charge is 2.24. The Balaban J connectivity index is 1.49. The lowest BCUT2D eigenvalue weighted by molar-refractivity contribution is 0.1000. The zero-order valence-electron chi connectivity index (χ0n) is 16.0. The molecule has 3 atom stereocenters. The van der Waals surface area contributed by atoms with E-state index in [0.29, 0.717) is 29.5 Å². The smallest absolute Gasteiger partial charge is 0.254 e. The molecule has 0 radical (unpaired) electrons. The molecule has 4 N–H and O–H groups in total. The number of hydrogen-bond acceptors (Lipinski definition) is 6. The van der Waals surface area contributed by atoms with Crippen LogP contribution in [-0.2, 0) is 19.3 Å². The number of primary amides is 1. The van der Waals surface area contributed by atoms with Gasteiger partial charge in [0.15, 0.2) is 0 Å². The molecule has 7 nitrogen and oxygen atoms in total. The van der Waals surface area contributed by atoms with Gasteiger partial charge in [0.1, 0.15) is 11.6 Å². The molecule has 1 amide bonds. The zero-order chi connectivity index (χ0) is 19.5. The summed E-state index contributed by atoms with van der Waals surface area (Å²) in [5.74, 6) is 1.10. The van der Waals surface area contributed by atoms with Crippen molar-refractivity contribution in [3.63, 3.8) is 0 Å². The van der Waals surface area contributed by atoms with E-state index < -0.39 is 5.91 Å². The van der Waals surface area contributed by atoms with Crippen molar-refractivity contribution < 1.29 is 9.90 Å². The lowest BCUT2D eigenvalue weighted by Crippen LogP contribution is -2.31. The molecule has 0 unspecified atom stereocenters. The van der Waals surface area contributed by atoms with Gasteiger partial charge in [0.2, 0.25) is 0 Å². The van der Waals surface area contributed by atoms with Crippen LogP contribution < -0.4 is 11.1 Å². The number of carbonyl (C=O) groups is 1. The Bertz CT molecular complexity index is 856. The van der Waals surface area contributed by atoms with E-state index in [1.165, 1.54) is 17.5 Å². The molecule has 0 bridgehead atoms. The summed E-state index contributed by atoms with van der Waals surface area (Å²) in [4.78, 5) is 25.4. The Morgan fingerprint density at radius 1 is 1.29 bits per heavy atom. The van der Waals surface area contributed by atoms with Gasteiger partial charge in [-0.15, -0.1) is 0 Å². The third kappa shape index (κ3) is 4.30. The van der Waals surface area contributed by atoms with E-state index in [1.807, 2.05) is 12.3 Å². The van der Waals surface area contributed by atoms with E-state index in [-0.39, 0.29) is 12.1 Å². The molecule has 2 aromatic rings. The molecule has 0 spiro atoms. The normalized spacial score (nSPS) is 24.4. The summed E-state index contributed by atoms with van der Waals surface area (Å²) >= 11 is 0. The lowest BCUT2D eigenvalue weighted by Gasteiger charge is -2.28. The van der Waals surface area contributed by atoms with Crippen LogP contribution in [0.4, 0.5) is 5.82 Å². The Labute approximate surface area is 164 Å². The molecule has 28 heavy (non-hydrogen) atoms. The molecule has 0 aromatic carbocycles. The number of anilines is 1. The van der Waals surface area contributed by atoms with E-state index in [0.717, 1.165) is 44.9 Å². The molecular formula is C21H27N5O2. The van der Waals surface area contributed by atoms with Gasteiger partial charge in [-0.05, 0) is 62.5 Å². The Kier molecular flexibility index (Phi) is 5.52. The van der Waals surface area contributed by atoms with Crippen molar-refractivity contribution in [2.24, 2.45) is 11.7 Å². The largest absolute Gasteiger partial charge is 0.393 e. The van der Waals surface area contributed by atoms with Gasteiger partial charge in [-0.1, -0.05) is 6.07 Å². The van der Waals surface area contributed by atoms with Crippen LogP contribution in [-0.4, -0.2) is 38.1 Å². The number of nitrogens with two attached hydrogens (primary N) is 1. The van der Waals surface area contributed by atoms with Crippen molar-refractivity contribution in [3.05, 3.63) is 47.2 Å². The molecule has 2 aliphatic carbocycles. The second-order valence-corrected chi connectivity index (χ2v) is 8.00. The first-order valence-electron chi connectivity index (χ1n) is 10.1. The van der Waals surface area contributed by atoms with Crippen LogP contribution in [0.3, 0.4) is 0 Å². The van der Waals surface area contributed by atoms with Crippen molar-refractivity contribution in [2.45, 2.75) is 63.5 Å².